The highest BCUT2D eigenvalue weighted by atomic mass is 16.5. The summed E-state index contributed by atoms with van der Waals surface area (Å²) < 4.78 is 4.65. The van der Waals surface area contributed by atoms with Gasteiger partial charge in [0.2, 0.25) is 17.7 Å². The quantitative estimate of drug-likeness (QED) is 0.323. The van der Waals surface area contributed by atoms with Crippen LogP contribution in [0.15, 0.2) is 11.6 Å². The Morgan fingerprint density at radius 1 is 1.15 bits per heavy atom. The predicted molar refractivity (Wildman–Crippen MR) is 132 cm³/mol. The molecule has 194 valence electrons. The first-order valence-corrected chi connectivity index (χ1v) is 12.3. The lowest BCUT2D eigenvalue weighted by atomic mass is 9.99. The van der Waals surface area contributed by atoms with Gasteiger partial charge in [0, 0.05) is 19.2 Å². The van der Waals surface area contributed by atoms with Gasteiger partial charge in [-0.1, -0.05) is 46.6 Å². The molecule has 9 nitrogen and oxygen atoms in total. The Hall–Kier alpha value is -2.42. The number of likely N-dealkylation sites (tertiary alicyclic amines) is 1. The highest BCUT2D eigenvalue weighted by molar-refractivity contribution is 5.99. The SMILES string of the molecule is CCC.COC(=O)C1CN1C(=O)/C(C)=C/CN(C)C(=O)C(NC(=O)C1CCCCN1C)C(C)C. The number of amides is 3. The first kappa shape index (κ1) is 29.6. The molecular weight excluding hydrogens is 436 g/mol. The molecule has 2 fully saturated rings. The van der Waals surface area contributed by atoms with Crippen LogP contribution in [0, 0.1) is 5.92 Å². The Morgan fingerprint density at radius 2 is 1.76 bits per heavy atom. The van der Waals surface area contributed by atoms with E-state index in [2.05, 4.69) is 23.9 Å². The standard InChI is InChI=1S/C22H36N4O5.C3H8/c1-14(2)18(23-19(27)16-9-7-8-11-24(16)4)21(29)25(5)12-10-15(3)20(28)26-13-17(26)22(30)31-6;1-3-2/h10,14,16-18H,7-9,11-13H2,1-6H3,(H,23,27);3H2,1-2H3/b15-10+;. The molecule has 34 heavy (non-hydrogen) atoms. The molecule has 0 bridgehead atoms. The van der Waals surface area contributed by atoms with Crippen molar-refractivity contribution in [3.05, 3.63) is 11.6 Å². The number of likely N-dealkylation sites (N-methyl/N-ethyl adjacent to an activating group) is 2. The molecule has 2 rings (SSSR count). The third-order valence-electron chi connectivity index (χ3n) is 6.03. The summed E-state index contributed by atoms with van der Waals surface area (Å²) in [7, 11) is 4.88. The first-order chi connectivity index (χ1) is 16.0. The van der Waals surface area contributed by atoms with Gasteiger partial charge in [-0.15, -0.1) is 0 Å². The number of methoxy groups -OCH3 is 1. The summed E-state index contributed by atoms with van der Waals surface area (Å²) >= 11 is 0. The van der Waals surface area contributed by atoms with Gasteiger partial charge in [-0.05, 0) is 39.3 Å². The van der Waals surface area contributed by atoms with Crippen LogP contribution in [0.1, 0.15) is 60.3 Å². The maximum absolute atomic E-state index is 13.0. The largest absolute Gasteiger partial charge is 0.467 e. The number of ether oxygens (including phenoxy) is 1. The normalized spacial score (nSPS) is 21.2. The van der Waals surface area contributed by atoms with Crippen LogP contribution < -0.4 is 5.32 Å². The molecule has 2 heterocycles. The van der Waals surface area contributed by atoms with Crippen LogP contribution in [0.3, 0.4) is 0 Å². The zero-order valence-electron chi connectivity index (χ0n) is 22.2. The van der Waals surface area contributed by atoms with Crippen molar-refractivity contribution in [3.63, 3.8) is 0 Å². The number of rotatable bonds is 8. The number of esters is 1. The molecule has 0 aromatic heterocycles. The summed E-state index contributed by atoms with van der Waals surface area (Å²) in [4.78, 5) is 54.7. The van der Waals surface area contributed by atoms with Crippen LogP contribution in [-0.4, -0.2) is 97.4 Å². The molecule has 3 amide bonds. The predicted octanol–water partition coefficient (Wildman–Crippen LogP) is 1.82. The Bertz CT molecular complexity index is 752. The summed E-state index contributed by atoms with van der Waals surface area (Å²) in [5.74, 6) is -1.05. The smallest absolute Gasteiger partial charge is 0.330 e. The first-order valence-electron chi connectivity index (χ1n) is 12.3. The van der Waals surface area contributed by atoms with E-state index < -0.39 is 18.1 Å². The summed E-state index contributed by atoms with van der Waals surface area (Å²) in [6.45, 7) is 11.2. The molecule has 2 aliphatic heterocycles. The number of carbonyl (C=O) groups is 4. The van der Waals surface area contributed by atoms with Gasteiger partial charge in [-0.25, -0.2) is 4.79 Å². The second kappa shape index (κ2) is 14.1. The third kappa shape index (κ3) is 8.42. The second-order valence-corrected chi connectivity index (χ2v) is 9.53. The van der Waals surface area contributed by atoms with Crippen molar-refractivity contribution in [2.75, 3.05) is 40.8 Å². The van der Waals surface area contributed by atoms with Crippen LogP contribution in [0.4, 0.5) is 0 Å². The minimum absolute atomic E-state index is 0.0714. The maximum Gasteiger partial charge on any atom is 0.330 e. The Balaban J connectivity index is 0.00000182. The van der Waals surface area contributed by atoms with Crippen molar-refractivity contribution in [2.24, 2.45) is 5.92 Å². The lowest BCUT2D eigenvalue weighted by Gasteiger charge is -2.34. The molecule has 3 atom stereocenters. The van der Waals surface area contributed by atoms with Crippen molar-refractivity contribution in [3.8, 4) is 0 Å². The van der Waals surface area contributed by atoms with E-state index in [1.165, 1.54) is 23.3 Å². The van der Waals surface area contributed by atoms with Crippen molar-refractivity contribution >= 4 is 23.7 Å². The van der Waals surface area contributed by atoms with E-state index in [-0.39, 0.29) is 36.2 Å². The number of hydrogen-bond acceptors (Lipinski definition) is 6. The molecule has 2 saturated heterocycles. The molecule has 2 aliphatic rings. The fraction of sp³-hybridized carbons (Fsp3) is 0.760. The maximum atomic E-state index is 13.0. The zero-order valence-corrected chi connectivity index (χ0v) is 22.2. The topological polar surface area (TPSA) is 99.0 Å². The average Bonchev–Trinajstić information content (AvgIpc) is 3.60. The van der Waals surface area contributed by atoms with E-state index in [0.717, 1.165) is 25.8 Å². The van der Waals surface area contributed by atoms with Crippen LogP contribution in [-0.2, 0) is 23.9 Å². The number of hydrogen-bond donors (Lipinski definition) is 1. The number of piperidine rings is 1. The van der Waals surface area contributed by atoms with Crippen molar-refractivity contribution in [2.45, 2.75) is 78.4 Å². The second-order valence-electron chi connectivity index (χ2n) is 9.53. The van der Waals surface area contributed by atoms with Crippen molar-refractivity contribution in [1.29, 1.82) is 0 Å². The van der Waals surface area contributed by atoms with Gasteiger partial charge in [0.05, 0.1) is 19.7 Å². The molecule has 9 heteroatoms. The van der Waals surface area contributed by atoms with E-state index in [1.54, 1.807) is 20.0 Å². The number of nitrogens with zero attached hydrogens (tertiary/aromatic N) is 3. The summed E-state index contributed by atoms with van der Waals surface area (Å²) in [5, 5.41) is 2.94. The Labute approximate surface area is 204 Å². The van der Waals surface area contributed by atoms with Crippen LogP contribution in [0.5, 0.6) is 0 Å². The molecule has 0 saturated carbocycles. The number of nitrogens with one attached hydrogen (secondary N) is 1. The van der Waals surface area contributed by atoms with Gasteiger partial charge in [0.25, 0.3) is 0 Å². The van der Waals surface area contributed by atoms with Gasteiger partial charge in [-0.2, -0.15) is 0 Å². The van der Waals surface area contributed by atoms with Gasteiger partial charge in [0.1, 0.15) is 12.1 Å². The minimum atomic E-state index is -0.631. The van der Waals surface area contributed by atoms with E-state index in [0.29, 0.717) is 12.1 Å². The third-order valence-corrected chi connectivity index (χ3v) is 6.03. The fourth-order valence-corrected chi connectivity index (χ4v) is 3.79. The van der Waals surface area contributed by atoms with Crippen LogP contribution in [0.25, 0.3) is 0 Å². The highest BCUT2D eigenvalue weighted by Gasteiger charge is 2.45. The van der Waals surface area contributed by atoms with E-state index in [1.807, 2.05) is 25.8 Å². The molecule has 0 aromatic carbocycles. The van der Waals surface area contributed by atoms with Crippen molar-refractivity contribution < 1.29 is 23.9 Å². The van der Waals surface area contributed by atoms with E-state index >= 15 is 0 Å². The fourth-order valence-electron chi connectivity index (χ4n) is 3.79. The van der Waals surface area contributed by atoms with E-state index in [9.17, 15) is 19.2 Å². The van der Waals surface area contributed by atoms with Gasteiger partial charge in [0.15, 0.2) is 0 Å². The van der Waals surface area contributed by atoms with Gasteiger partial charge >= 0.3 is 5.97 Å². The van der Waals surface area contributed by atoms with Crippen molar-refractivity contribution in [1.82, 2.24) is 20.0 Å². The molecule has 3 unspecified atom stereocenters. The van der Waals surface area contributed by atoms with E-state index in [4.69, 9.17) is 0 Å². The van der Waals surface area contributed by atoms with Gasteiger partial charge in [-0.3, -0.25) is 19.3 Å². The summed E-state index contributed by atoms with van der Waals surface area (Å²) in [5.41, 5.74) is 0.458. The lowest BCUT2D eigenvalue weighted by Crippen LogP contribution is -2.56. The molecule has 0 aromatic rings. The molecule has 0 spiro atoms. The molecule has 0 radical (unpaired) electrons. The molecule has 0 aliphatic carbocycles. The Kier molecular flexibility index (Phi) is 12.3. The lowest BCUT2D eigenvalue weighted by molar-refractivity contribution is -0.142. The highest BCUT2D eigenvalue weighted by Crippen LogP contribution is 2.21. The molecular formula is C25H44N4O5. The number of carbonyl (C=O) groups excluding carboxylic acids is 4. The Morgan fingerprint density at radius 3 is 2.29 bits per heavy atom. The summed E-state index contributed by atoms with van der Waals surface area (Å²) in [6.07, 6.45) is 5.80. The van der Waals surface area contributed by atoms with Gasteiger partial charge < -0.3 is 19.9 Å². The average molecular weight is 481 g/mol. The summed E-state index contributed by atoms with van der Waals surface area (Å²) in [6, 6.07) is -1.35. The van der Waals surface area contributed by atoms with Crippen LogP contribution >= 0.6 is 0 Å². The molecule has 1 N–H and O–H groups in total. The van der Waals surface area contributed by atoms with Crippen LogP contribution in [0.2, 0.25) is 0 Å². The monoisotopic (exact) mass is 480 g/mol. The minimum Gasteiger partial charge on any atom is -0.467 e. The zero-order chi connectivity index (χ0) is 26.0.